The molecular weight excluding hydrogens is 190 g/mol. The summed E-state index contributed by atoms with van der Waals surface area (Å²) in [7, 11) is 1.57. The third-order valence-electron chi connectivity index (χ3n) is 1.84. The van der Waals surface area contributed by atoms with Gasteiger partial charge in [0.2, 0.25) is 0 Å². The van der Waals surface area contributed by atoms with Crippen molar-refractivity contribution >= 4 is 17.8 Å². The SMILES string of the molecule is CN=C(C)C(=O)NN=Cc1ccccc1. The second-order valence-corrected chi connectivity index (χ2v) is 2.92. The normalized spacial score (nSPS) is 11.7. The quantitative estimate of drug-likeness (QED) is 0.583. The molecule has 1 aromatic carbocycles. The van der Waals surface area contributed by atoms with Gasteiger partial charge in [-0.1, -0.05) is 30.3 Å². The van der Waals surface area contributed by atoms with E-state index in [9.17, 15) is 4.79 Å². The van der Waals surface area contributed by atoms with E-state index in [1.54, 1.807) is 20.2 Å². The molecule has 4 nitrogen and oxygen atoms in total. The van der Waals surface area contributed by atoms with Gasteiger partial charge in [0.1, 0.15) is 0 Å². The minimum atomic E-state index is -0.287. The number of hydrazone groups is 1. The van der Waals surface area contributed by atoms with E-state index in [4.69, 9.17) is 0 Å². The maximum Gasteiger partial charge on any atom is 0.284 e. The summed E-state index contributed by atoms with van der Waals surface area (Å²) >= 11 is 0. The van der Waals surface area contributed by atoms with Gasteiger partial charge >= 0.3 is 0 Å². The molecule has 0 atom stereocenters. The smallest absolute Gasteiger partial charge is 0.284 e. The lowest BCUT2D eigenvalue weighted by atomic mass is 10.2. The monoisotopic (exact) mass is 203 g/mol. The molecule has 0 radical (unpaired) electrons. The lowest BCUT2D eigenvalue weighted by Gasteiger charge is -1.96. The van der Waals surface area contributed by atoms with Crippen molar-refractivity contribution in [1.29, 1.82) is 0 Å². The lowest BCUT2D eigenvalue weighted by Crippen LogP contribution is -2.24. The molecule has 15 heavy (non-hydrogen) atoms. The van der Waals surface area contributed by atoms with E-state index < -0.39 is 0 Å². The molecule has 0 heterocycles. The second-order valence-electron chi connectivity index (χ2n) is 2.92. The fourth-order valence-corrected chi connectivity index (χ4v) is 0.887. The summed E-state index contributed by atoms with van der Waals surface area (Å²) < 4.78 is 0. The summed E-state index contributed by atoms with van der Waals surface area (Å²) in [6, 6.07) is 9.53. The zero-order valence-corrected chi connectivity index (χ0v) is 8.77. The van der Waals surface area contributed by atoms with Crippen LogP contribution in [0.2, 0.25) is 0 Å². The summed E-state index contributed by atoms with van der Waals surface area (Å²) in [4.78, 5) is 15.0. The van der Waals surface area contributed by atoms with Gasteiger partial charge in [0.05, 0.1) is 11.9 Å². The highest BCUT2D eigenvalue weighted by Gasteiger charge is 2.00. The Labute approximate surface area is 88.7 Å². The summed E-state index contributed by atoms with van der Waals surface area (Å²) in [6.07, 6.45) is 1.58. The number of hydrogen-bond donors (Lipinski definition) is 1. The van der Waals surface area contributed by atoms with Gasteiger partial charge in [-0.15, -0.1) is 0 Å². The first-order valence-corrected chi connectivity index (χ1v) is 4.56. The van der Waals surface area contributed by atoms with Crippen LogP contribution in [0.1, 0.15) is 12.5 Å². The molecule has 0 saturated carbocycles. The third-order valence-corrected chi connectivity index (χ3v) is 1.84. The Morgan fingerprint density at radius 3 is 2.60 bits per heavy atom. The van der Waals surface area contributed by atoms with Crippen LogP contribution in [0.4, 0.5) is 0 Å². The van der Waals surface area contributed by atoms with Crippen molar-refractivity contribution in [3.05, 3.63) is 35.9 Å². The van der Waals surface area contributed by atoms with Gasteiger partial charge in [0, 0.05) is 7.05 Å². The molecule has 0 aliphatic rings. The molecule has 0 unspecified atom stereocenters. The van der Waals surface area contributed by atoms with Crippen molar-refractivity contribution in [3.8, 4) is 0 Å². The maximum atomic E-state index is 11.2. The Bertz CT molecular complexity index is 382. The van der Waals surface area contributed by atoms with Crippen LogP contribution in [0, 0.1) is 0 Å². The minimum absolute atomic E-state index is 0.287. The van der Waals surface area contributed by atoms with Crippen molar-refractivity contribution in [2.45, 2.75) is 6.92 Å². The molecule has 0 saturated heterocycles. The van der Waals surface area contributed by atoms with E-state index in [2.05, 4.69) is 15.5 Å². The van der Waals surface area contributed by atoms with Gasteiger partial charge in [-0.3, -0.25) is 9.79 Å². The van der Waals surface area contributed by atoms with E-state index in [-0.39, 0.29) is 5.91 Å². The molecule has 1 amide bonds. The molecule has 0 aromatic heterocycles. The Hall–Kier alpha value is -1.97. The number of aliphatic imine (C=N–C) groups is 1. The number of hydrogen-bond acceptors (Lipinski definition) is 3. The van der Waals surface area contributed by atoms with E-state index >= 15 is 0 Å². The van der Waals surface area contributed by atoms with Crippen LogP contribution in [0.3, 0.4) is 0 Å². The number of rotatable bonds is 3. The molecule has 78 valence electrons. The summed E-state index contributed by atoms with van der Waals surface area (Å²) in [5.41, 5.74) is 3.72. The van der Waals surface area contributed by atoms with Crippen LogP contribution >= 0.6 is 0 Å². The van der Waals surface area contributed by atoms with E-state index in [0.717, 1.165) is 5.56 Å². The second kappa shape index (κ2) is 5.70. The predicted octanol–water partition coefficient (Wildman–Crippen LogP) is 1.23. The number of nitrogens with one attached hydrogen (secondary N) is 1. The van der Waals surface area contributed by atoms with Crippen molar-refractivity contribution < 1.29 is 4.79 Å². The van der Waals surface area contributed by atoms with Crippen LogP contribution in [0.15, 0.2) is 40.4 Å². The van der Waals surface area contributed by atoms with Gasteiger partial charge in [-0.05, 0) is 12.5 Å². The largest absolute Gasteiger partial charge is 0.288 e. The molecule has 1 N–H and O–H groups in total. The molecule has 0 aliphatic heterocycles. The first kappa shape index (κ1) is 11.1. The first-order valence-electron chi connectivity index (χ1n) is 4.56. The van der Waals surface area contributed by atoms with E-state index in [0.29, 0.717) is 5.71 Å². The topological polar surface area (TPSA) is 53.8 Å². The van der Waals surface area contributed by atoms with E-state index in [1.807, 2.05) is 30.3 Å². The molecule has 0 aliphatic carbocycles. The average Bonchev–Trinajstić information content (AvgIpc) is 2.29. The van der Waals surface area contributed by atoms with Crippen LogP contribution in [0.5, 0.6) is 0 Å². The zero-order valence-electron chi connectivity index (χ0n) is 8.77. The Balaban J connectivity index is 2.51. The number of amides is 1. The highest BCUT2D eigenvalue weighted by molar-refractivity contribution is 6.37. The van der Waals surface area contributed by atoms with Crippen LogP contribution < -0.4 is 5.43 Å². The Morgan fingerprint density at radius 2 is 2.00 bits per heavy atom. The van der Waals surface area contributed by atoms with Crippen LogP contribution in [-0.2, 0) is 4.79 Å². The summed E-state index contributed by atoms with van der Waals surface area (Å²) in [6.45, 7) is 1.63. The molecule has 4 heteroatoms. The van der Waals surface area contributed by atoms with Gasteiger partial charge in [-0.2, -0.15) is 5.10 Å². The number of carbonyl (C=O) groups is 1. The zero-order chi connectivity index (χ0) is 11.1. The van der Waals surface area contributed by atoms with Crippen LogP contribution in [-0.4, -0.2) is 24.9 Å². The molecule has 0 spiro atoms. The highest BCUT2D eigenvalue weighted by Crippen LogP contribution is 1.93. The highest BCUT2D eigenvalue weighted by atomic mass is 16.2. The average molecular weight is 203 g/mol. The fourth-order valence-electron chi connectivity index (χ4n) is 0.887. The molecule has 1 aromatic rings. The number of benzene rings is 1. The molecular formula is C11H13N3O. The number of carbonyl (C=O) groups excluding carboxylic acids is 1. The summed E-state index contributed by atoms with van der Waals surface area (Å²) in [5.74, 6) is -0.287. The maximum absolute atomic E-state index is 11.2. The molecule has 0 fully saturated rings. The van der Waals surface area contributed by atoms with Crippen molar-refractivity contribution in [2.75, 3.05) is 7.05 Å². The van der Waals surface area contributed by atoms with Gasteiger partial charge in [-0.25, -0.2) is 5.43 Å². The molecule has 1 rings (SSSR count). The fraction of sp³-hybridized carbons (Fsp3) is 0.182. The van der Waals surface area contributed by atoms with Crippen LogP contribution in [0.25, 0.3) is 0 Å². The van der Waals surface area contributed by atoms with E-state index in [1.165, 1.54) is 0 Å². The Kier molecular flexibility index (Phi) is 4.22. The third kappa shape index (κ3) is 3.72. The number of nitrogens with zero attached hydrogens (tertiary/aromatic N) is 2. The molecule has 0 bridgehead atoms. The Morgan fingerprint density at radius 1 is 1.33 bits per heavy atom. The van der Waals surface area contributed by atoms with Gasteiger partial charge in [0.15, 0.2) is 0 Å². The first-order chi connectivity index (χ1) is 7.24. The van der Waals surface area contributed by atoms with Gasteiger partial charge < -0.3 is 0 Å². The van der Waals surface area contributed by atoms with Gasteiger partial charge in [0.25, 0.3) is 5.91 Å². The standard InChI is InChI=1S/C11H13N3O/c1-9(12-2)11(15)14-13-8-10-6-4-3-5-7-10/h3-8H,1-2H3,(H,14,15). The van der Waals surface area contributed by atoms with Crippen molar-refractivity contribution in [1.82, 2.24) is 5.43 Å². The lowest BCUT2D eigenvalue weighted by molar-refractivity contribution is -0.114. The van der Waals surface area contributed by atoms with Crippen molar-refractivity contribution in [3.63, 3.8) is 0 Å². The minimum Gasteiger partial charge on any atom is -0.288 e. The predicted molar refractivity (Wildman–Crippen MR) is 61.2 cm³/mol. The summed E-state index contributed by atoms with van der Waals surface area (Å²) in [5, 5.41) is 3.81. The van der Waals surface area contributed by atoms with Crippen molar-refractivity contribution in [2.24, 2.45) is 10.1 Å².